The van der Waals surface area contributed by atoms with Crippen molar-refractivity contribution in [1.82, 2.24) is 9.62 Å². The Hall–Kier alpha value is -0.570. The molecule has 1 aromatic rings. The van der Waals surface area contributed by atoms with Crippen LogP contribution in [0.4, 0.5) is 0 Å². The average Bonchev–Trinajstić information content (AvgIpc) is 2.52. The van der Waals surface area contributed by atoms with E-state index in [0.29, 0.717) is 25.3 Å². The zero-order chi connectivity index (χ0) is 17.5. The highest BCUT2D eigenvalue weighted by molar-refractivity contribution is 9.10. The molecule has 23 heavy (non-hydrogen) atoms. The normalized spacial score (nSPS) is 12.9. The molecule has 0 spiro atoms. The van der Waals surface area contributed by atoms with Crippen LogP contribution in [-0.2, 0) is 14.8 Å². The summed E-state index contributed by atoms with van der Waals surface area (Å²) in [6.45, 7) is 4.89. The first-order valence-corrected chi connectivity index (χ1v) is 11.1. The van der Waals surface area contributed by atoms with Gasteiger partial charge in [0.25, 0.3) is 0 Å². The van der Waals surface area contributed by atoms with Crippen molar-refractivity contribution in [2.45, 2.75) is 31.2 Å². The van der Waals surface area contributed by atoms with E-state index in [1.165, 1.54) is 12.1 Å². The molecule has 130 valence electrons. The molecule has 0 aliphatic carbocycles. The molecule has 0 bridgehead atoms. The van der Waals surface area contributed by atoms with Crippen molar-refractivity contribution in [3.63, 3.8) is 0 Å². The standard InChI is InChI=1S/C15H23BrN2O3S2/c1-4-18(5-2)15(19)14(10-11-22-3)17-23(20,21)13-8-6-12(16)7-9-13/h6-9,14,17H,4-5,10-11H2,1-3H3. The fourth-order valence-electron chi connectivity index (χ4n) is 2.09. The third-order valence-corrected chi connectivity index (χ3v) is 6.07. The maximum atomic E-state index is 12.6. The number of amides is 1. The second-order valence-electron chi connectivity index (χ2n) is 4.92. The molecule has 1 rings (SSSR count). The molecule has 8 heteroatoms. The fourth-order valence-corrected chi connectivity index (χ4v) is 4.05. The van der Waals surface area contributed by atoms with Gasteiger partial charge >= 0.3 is 0 Å². The van der Waals surface area contributed by atoms with Gasteiger partial charge in [-0.05, 0) is 56.5 Å². The Balaban J connectivity index is 2.99. The van der Waals surface area contributed by atoms with E-state index < -0.39 is 16.1 Å². The first kappa shape index (κ1) is 20.5. The summed E-state index contributed by atoms with van der Waals surface area (Å²) in [5.41, 5.74) is 0. The molecule has 0 aliphatic heterocycles. The Morgan fingerprint density at radius 2 is 1.83 bits per heavy atom. The van der Waals surface area contributed by atoms with E-state index in [9.17, 15) is 13.2 Å². The SMILES string of the molecule is CCN(CC)C(=O)C(CCSC)NS(=O)(=O)c1ccc(Br)cc1. The third-order valence-electron chi connectivity index (χ3n) is 3.41. The van der Waals surface area contributed by atoms with Crippen molar-refractivity contribution in [2.24, 2.45) is 0 Å². The molecule has 0 radical (unpaired) electrons. The van der Waals surface area contributed by atoms with E-state index in [1.54, 1.807) is 28.8 Å². The summed E-state index contributed by atoms with van der Waals surface area (Å²) in [5.74, 6) is 0.533. The highest BCUT2D eigenvalue weighted by Crippen LogP contribution is 2.16. The van der Waals surface area contributed by atoms with Gasteiger partial charge in [-0.2, -0.15) is 16.5 Å². The molecular weight excluding hydrogens is 400 g/mol. The predicted molar refractivity (Wildman–Crippen MR) is 99.2 cm³/mol. The molecule has 0 fully saturated rings. The van der Waals surface area contributed by atoms with E-state index in [2.05, 4.69) is 20.7 Å². The monoisotopic (exact) mass is 422 g/mol. The smallest absolute Gasteiger partial charge is 0.241 e. The van der Waals surface area contributed by atoms with Gasteiger partial charge in [0.2, 0.25) is 15.9 Å². The van der Waals surface area contributed by atoms with E-state index in [0.717, 1.165) is 4.47 Å². The highest BCUT2D eigenvalue weighted by Gasteiger charge is 2.27. The number of likely N-dealkylation sites (N-methyl/N-ethyl adjacent to an activating group) is 1. The molecule has 0 aromatic heterocycles. The van der Waals surface area contributed by atoms with Crippen molar-refractivity contribution in [2.75, 3.05) is 25.1 Å². The lowest BCUT2D eigenvalue weighted by molar-refractivity contribution is -0.132. The van der Waals surface area contributed by atoms with Crippen molar-refractivity contribution >= 4 is 43.6 Å². The lowest BCUT2D eigenvalue weighted by atomic mass is 10.2. The first-order chi connectivity index (χ1) is 10.9. The molecule has 1 unspecified atom stereocenters. The molecule has 0 saturated carbocycles. The maximum absolute atomic E-state index is 12.6. The van der Waals surface area contributed by atoms with Gasteiger partial charge in [-0.1, -0.05) is 15.9 Å². The van der Waals surface area contributed by atoms with Crippen molar-refractivity contribution in [3.8, 4) is 0 Å². The quantitative estimate of drug-likeness (QED) is 0.664. The number of rotatable bonds is 9. The lowest BCUT2D eigenvalue weighted by Crippen LogP contribution is -2.48. The minimum atomic E-state index is -3.73. The Morgan fingerprint density at radius 1 is 1.26 bits per heavy atom. The molecule has 1 atom stereocenters. The largest absolute Gasteiger partial charge is 0.342 e. The van der Waals surface area contributed by atoms with Crippen molar-refractivity contribution < 1.29 is 13.2 Å². The predicted octanol–water partition coefficient (Wildman–Crippen LogP) is 2.72. The highest BCUT2D eigenvalue weighted by atomic mass is 79.9. The van der Waals surface area contributed by atoms with E-state index >= 15 is 0 Å². The van der Waals surface area contributed by atoms with Crippen LogP contribution in [0.15, 0.2) is 33.6 Å². The van der Waals surface area contributed by atoms with Gasteiger partial charge < -0.3 is 4.90 Å². The molecule has 1 aromatic carbocycles. The van der Waals surface area contributed by atoms with Crippen LogP contribution in [-0.4, -0.2) is 50.4 Å². The molecule has 1 N–H and O–H groups in total. The summed E-state index contributed by atoms with van der Waals surface area (Å²) in [7, 11) is -3.73. The number of halogens is 1. The molecule has 0 heterocycles. The van der Waals surface area contributed by atoms with Crippen LogP contribution in [0.25, 0.3) is 0 Å². The lowest BCUT2D eigenvalue weighted by Gasteiger charge is -2.25. The second kappa shape index (κ2) is 9.66. The van der Waals surface area contributed by atoms with E-state index in [-0.39, 0.29) is 10.8 Å². The number of hydrogen-bond acceptors (Lipinski definition) is 4. The number of nitrogens with zero attached hydrogens (tertiary/aromatic N) is 1. The maximum Gasteiger partial charge on any atom is 0.241 e. The summed E-state index contributed by atoms with van der Waals surface area (Å²) in [4.78, 5) is 14.4. The van der Waals surface area contributed by atoms with Gasteiger partial charge in [0.15, 0.2) is 0 Å². The van der Waals surface area contributed by atoms with Gasteiger partial charge in [-0.25, -0.2) is 8.42 Å². The minimum Gasteiger partial charge on any atom is -0.342 e. The van der Waals surface area contributed by atoms with Crippen LogP contribution in [0.2, 0.25) is 0 Å². The third kappa shape index (κ3) is 6.10. The molecular formula is C15H23BrN2O3S2. The zero-order valence-corrected chi connectivity index (χ0v) is 16.8. The van der Waals surface area contributed by atoms with E-state index in [4.69, 9.17) is 0 Å². The van der Waals surface area contributed by atoms with Crippen LogP contribution in [0, 0.1) is 0 Å². The summed E-state index contributed by atoms with van der Waals surface area (Å²) >= 11 is 4.87. The Labute approximate surface area is 151 Å². The van der Waals surface area contributed by atoms with Crippen LogP contribution in [0.3, 0.4) is 0 Å². The number of carbonyl (C=O) groups excluding carboxylic acids is 1. The first-order valence-electron chi connectivity index (χ1n) is 7.41. The van der Waals surface area contributed by atoms with Gasteiger partial charge in [0.1, 0.15) is 6.04 Å². The van der Waals surface area contributed by atoms with Gasteiger partial charge in [0, 0.05) is 17.6 Å². The summed E-state index contributed by atoms with van der Waals surface area (Å²) in [6.07, 6.45) is 2.40. The van der Waals surface area contributed by atoms with Crippen LogP contribution in [0.1, 0.15) is 20.3 Å². The number of benzene rings is 1. The van der Waals surface area contributed by atoms with E-state index in [1.807, 2.05) is 20.1 Å². The summed E-state index contributed by atoms with van der Waals surface area (Å²) in [6, 6.07) is 5.62. The molecule has 0 saturated heterocycles. The second-order valence-corrected chi connectivity index (χ2v) is 8.54. The number of hydrogen-bond donors (Lipinski definition) is 1. The average molecular weight is 423 g/mol. The molecule has 5 nitrogen and oxygen atoms in total. The number of nitrogens with one attached hydrogen (secondary N) is 1. The number of thioether (sulfide) groups is 1. The summed E-state index contributed by atoms with van der Waals surface area (Å²) in [5, 5.41) is 0. The van der Waals surface area contributed by atoms with Gasteiger partial charge in [0.05, 0.1) is 4.90 Å². The molecule has 0 aliphatic rings. The molecule has 1 amide bonds. The van der Waals surface area contributed by atoms with Crippen LogP contribution >= 0.6 is 27.7 Å². The van der Waals surface area contributed by atoms with Gasteiger partial charge in [-0.3, -0.25) is 4.79 Å². The van der Waals surface area contributed by atoms with Gasteiger partial charge in [-0.15, -0.1) is 0 Å². The van der Waals surface area contributed by atoms with Crippen LogP contribution < -0.4 is 4.72 Å². The Kier molecular flexibility index (Phi) is 8.60. The topological polar surface area (TPSA) is 66.5 Å². The minimum absolute atomic E-state index is 0.155. The number of sulfonamides is 1. The number of carbonyl (C=O) groups is 1. The Morgan fingerprint density at radius 3 is 2.30 bits per heavy atom. The van der Waals surface area contributed by atoms with Crippen LogP contribution in [0.5, 0.6) is 0 Å². The Bertz CT molecular complexity index is 602. The van der Waals surface area contributed by atoms with Crippen molar-refractivity contribution in [1.29, 1.82) is 0 Å². The van der Waals surface area contributed by atoms with Crippen molar-refractivity contribution in [3.05, 3.63) is 28.7 Å². The summed E-state index contributed by atoms with van der Waals surface area (Å²) < 4.78 is 28.4. The zero-order valence-electron chi connectivity index (χ0n) is 13.6. The fraction of sp³-hybridized carbons (Fsp3) is 0.533.